The molecule has 0 bridgehead atoms. The quantitative estimate of drug-likeness (QED) is 0.681. The minimum atomic E-state index is -0.221. The van der Waals surface area contributed by atoms with Gasteiger partial charge in [-0.2, -0.15) is 5.26 Å². The Hall–Kier alpha value is -2.35. The van der Waals surface area contributed by atoms with Crippen LogP contribution in [-0.2, 0) is 4.79 Å². The summed E-state index contributed by atoms with van der Waals surface area (Å²) >= 11 is 0. The van der Waals surface area contributed by atoms with Crippen molar-refractivity contribution in [2.45, 2.75) is 38.1 Å². The van der Waals surface area contributed by atoms with Gasteiger partial charge in [-0.25, -0.2) is 0 Å². The number of likely N-dealkylation sites (N-methyl/N-ethyl adjacent to an activating group) is 1. The number of aromatic nitrogens is 1. The number of hydrogen-bond acceptors (Lipinski definition) is 4. The molecule has 1 fully saturated rings. The number of carbonyl (C=O) groups is 1. The van der Waals surface area contributed by atoms with Crippen LogP contribution in [0.15, 0.2) is 36.3 Å². The summed E-state index contributed by atoms with van der Waals surface area (Å²) in [5.41, 5.74) is 0.866. The molecule has 1 aliphatic rings. The highest BCUT2D eigenvalue weighted by Crippen LogP contribution is 2.22. The van der Waals surface area contributed by atoms with Crippen LogP contribution in [-0.4, -0.2) is 28.9 Å². The van der Waals surface area contributed by atoms with Gasteiger partial charge in [-0.3, -0.25) is 9.78 Å². The fourth-order valence-corrected chi connectivity index (χ4v) is 2.57. The number of anilines is 1. The molecule has 21 heavy (non-hydrogen) atoms. The lowest BCUT2D eigenvalue weighted by molar-refractivity contribution is -0.128. The molecular formula is C16H20N4O. The lowest BCUT2D eigenvalue weighted by Crippen LogP contribution is -2.39. The average molecular weight is 284 g/mol. The molecule has 1 aromatic rings. The highest BCUT2D eigenvalue weighted by Gasteiger charge is 2.24. The van der Waals surface area contributed by atoms with Crippen molar-refractivity contribution >= 4 is 11.6 Å². The zero-order valence-corrected chi connectivity index (χ0v) is 12.2. The molecule has 5 nitrogen and oxygen atoms in total. The number of pyridine rings is 1. The van der Waals surface area contributed by atoms with Crippen molar-refractivity contribution in [1.29, 1.82) is 5.26 Å². The van der Waals surface area contributed by atoms with Gasteiger partial charge < -0.3 is 10.2 Å². The fraction of sp³-hybridized carbons (Fsp3) is 0.438. The van der Waals surface area contributed by atoms with Crippen molar-refractivity contribution in [3.63, 3.8) is 0 Å². The largest absolute Gasteiger partial charge is 0.359 e. The van der Waals surface area contributed by atoms with Gasteiger partial charge in [-0.05, 0) is 25.0 Å². The summed E-state index contributed by atoms with van der Waals surface area (Å²) in [6, 6.07) is 5.85. The maximum atomic E-state index is 12.4. The number of nitriles is 1. The molecule has 5 heteroatoms. The van der Waals surface area contributed by atoms with Crippen LogP contribution in [0.5, 0.6) is 0 Å². The van der Waals surface area contributed by atoms with E-state index >= 15 is 0 Å². The summed E-state index contributed by atoms with van der Waals surface area (Å²) in [6.45, 7) is 0. The first-order valence-corrected chi connectivity index (χ1v) is 7.26. The second-order valence-corrected chi connectivity index (χ2v) is 5.26. The van der Waals surface area contributed by atoms with Gasteiger partial charge in [0.25, 0.3) is 5.91 Å². The third kappa shape index (κ3) is 4.06. The van der Waals surface area contributed by atoms with Gasteiger partial charge in [0.05, 0.1) is 11.9 Å². The van der Waals surface area contributed by atoms with Crippen molar-refractivity contribution < 1.29 is 4.79 Å². The van der Waals surface area contributed by atoms with Gasteiger partial charge >= 0.3 is 0 Å². The Bertz CT molecular complexity index is 541. The molecule has 2 rings (SSSR count). The van der Waals surface area contributed by atoms with Gasteiger partial charge in [0.1, 0.15) is 11.6 Å². The zero-order valence-electron chi connectivity index (χ0n) is 12.2. The van der Waals surface area contributed by atoms with E-state index in [4.69, 9.17) is 0 Å². The van der Waals surface area contributed by atoms with Gasteiger partial charge in [-0.15, -0.1) is 0 Å². The van der Waals surface area contributed by atoms with Crippen LogP contribution < -0.4 is 5.32 Å². The van der Waals surface area contributed by atoms with Crippen molar-refractivity contribution in [3.05, 3.63) is 36.3 Å². The minimum absolute atomic E-state index is 0.118. The third-order valence-electron chi connectivity index (χ3n) is 3.84. The maximum Gasteiger partial charge on any atom is 0.266 e. The van der Waals surface area contributed by atoms with Crippen LogP contribution in [0.3, 0.4) is 0 Å². The Morgan fingerprint density at radius 3 is 2.86 bits per heavy atom. The molecule has 110 valence electrons. The number of nitrogens with one attached hydrogen (secondary N) is 1. The zero-order chi connectivity index (χ0) is 15.1. The molecule has 1 amide bonds. The summed E-state index contributed by atoms with van der Waals surface area (Å²) in [5.74, 6) is -0.221. The SMILES string of the molecule is CN(C(=O)/C(C#N)=C\Nc1cccnc1)C1CCCCC1. The smallest absolute Gasteiger partial charge is 0.266 e. The molecule has 1 aliphatic carbocycles. The van der Waals surface area contributed by atoms with Crippen molar-refractivity contribution in [1.82, 2.24) is 9.88 Å². The maximum absolute atomic E-state index is 12.4. The second kappa shape index (κ2) is 7.44. The average Bonchev–Trinajstić information content (AvgIpc) is 2.56. The molecular weight excluding hydrogens is 264 g/mol. The number of carbonyl (C=O) groups excluding carboxylic acids is 1. The first-order valence-electron chi connectivity index (χ1n) is 7.26. The lowest BCUT2D eigenvalue weighted by atomic mass is 9.94. The van der Waals surface area contributed by atoms with E-state index in [-0.39, 0.29) is 17.5 Å². The Balaban J connectivity index is 2.02. The van der Waals surface area contributed by atoms with Crippen LogP contribution in [0.25, 0.3) is 0 Å². The Kier molecular flexibility index (Phi) is 5.33. The second-order valence-electron chi connectivity index (χ2n) is 5.26. The predicted octanol–water partition coefficient (Wildman–Crippen LogP) is 2.69. The van der Waals surface area contributed by atoms with Gasteiger partial charge in [-0.1, -0.05) is 19.3 Å². The van der Waals surface area contributed by atoms with Gasteiger partial charge in [0.2, 0.25) is 0 Å². The predicted molar refractivity (Wildman–Crippen MR) is 81.2 cm³/mol. The van der Waals surface area contributed by atoms with E-state index in [2.05, 4.69) is 10.3 Å². The molecule has 0 spiro atoms. The molecule has 1 aromatic heterocycles. The molecule has 1 N–H and O–H groups in total. The van der Waals surface area contributed by atoms with E-state index in [1.165, 1.54) is 12.6 Å². The van der Waals surface area contributed by atoms with Gasteiger partial charge in [0.15, 0.2) is 0 Å². The van der Waals surface area contributed by atoms with Crippen LogP contribution in [0.2, 0.25) is 0 Å². The molecule has 0 aliphatic heterocycles. The van der Waals surface area contributed by atoms with E-state index in [9.17, 15) is 10.1 Å². The monoisotopic (exact) mass is 284 g/mol. The summed E-state index contributed by atoms with van der Waals surface area (Å²) in [7, 11) is 1.79. The number of nitrogens with zero attached hydrogens (tertiary/aromatic N) is 3. The highest BCUT2D eigenvalue weighted by molar-refractivity contribution is 5.97. The van der Waals surface area contributed by atoms with E-state index in [1.807, 2.05) is 12.1 Å². The lowest BCUT2D eigenvalue weighted by Gasteiger charge is -2.31. The number of amides is 1. The van der Waals surface area contributed by atoms with Gasteiger partial charge in [0, 0.05) is 25.5 Å². The van der Waals surface area contributed by atoms with E-state index in [0.29, 0.717) is 0 Å². The van der Waals surface area contributed by atoms with Crippen LogP contribution in [0.1, 0.15) is 32.1 Å². The van der Waals surface area contributed by atoms with Crippen molar-refractivity contribution in [2.24, 2.45) is 0 Å². The van der Waals surface area contributed by atoms with Crippen molar-refractivity contribution in [2.75, 3.05) is 12.4 Å². The molecule has 0 radical (unpaired) electrons. The Morgan fingerprint density at radius 1 is 1.48 bits per heavy atom. The Morgan fingerprint density at radius 2 is 2.24 bits per heavy atom. The van der Waals surface area contributed by atoms with Crippen LogP contribution in [0.4, 0.5) is 5.69 Å². The summed E-state index contributed by atoms with van der Waals surface area (Å²) in [4.78, 5) is 18.1. The summed E-state index contributed by atoms with van der Waals surface area (Å²) in [6.07, 6.45) is 10.4. The van der Waals surface area contributed by atoms with E-state index < -0.39 is 0 Å². The fourth-order valence-electron chi connectivity index (χ4n) is 2.57. The molecule has 0 saturated heterocycles. The summed E-state index contributed by atoms with van der Waals surface area (Å²) in [5, 5.41) is 12.1. The molecule has 0 atom stereocenters. The first-order chi connectivity index (χ1) is 10.2. The number of rotatable bonds is 4. The number of hydrogen-bond donors (Lipinski definition) is 1. The summed E-state index contributed by atoms with van der Waals surface area (Å²) < 4.78 is 0. The third-order valence-corrected chi connectivity index (χ3v) is 3.84. The van der Waals surface area contributed by atoms with Crippen LogP contribution in [0, 0.1) is 11.3 Å². The molecule has 1 saturated carbocycles. The Labute approximate surface area is 125 Å². The standard InChI is InChI=1S/C16H20N4O/c1-20(15-7-3-2-4-8-15)16(21)13(10-17)11-19-14-6-5-9-18-12-14/h5-6,9,11-12,15,19H,2-4,7-8H2,1H3/b13-11-. The highest BCUT2D eigenvalue weighted by atomic mass is 16.2. The van der Waals surface area contributed by atoms with Crippen molar-refractivity contribution in [3.8, 4) is 6.07 Å². The molecule has 0 aromatic carbocycles. The topological polar surface area (TPSA) is 69.0 Å². The minimum Gasteiger partial charge on any atom is -0.359 e. The van der Waals surface area contributed by atoms with E-state index in [0.717, 1.165) is 31.4 Å². The molecule has 1 heterocycles. The first kappa shape index (κ1) is 15.0. The molecule has 0 unspecified atom stereocenters. The van der Waals surface area contributed by atoms with Crippen LogP contribution >= 0.6 is 0 Å². The normalized spacial score (nSPS) is 16.1. The van der Waals surface area contributed by atoms with E-state index in [1.54, 1.807) is 30.4 Å².